The molecule has 0 amide bonds. The zero-order chi connectivity index (χ0) is 16.2. The Kier molecular flexibility index (Phi) is 4.85. The van der Waals surface area contributed by atoms with Crippen molar-refractivity contribution < 1.29 is 9.53 Å². The van der Waals surface area contributed by atoms with Crippen LogP contribution in [0.15, 0.2) is 18.3 Å². The lowest BCUT2D eigenvalue weighted by atomic mass is 9.99. The van der Waals surface area contributed by atoms with Crippen LogP contribution in [0.5, 0.6) is 0 Å². The standard InChI is InChI=1S/C16H20N4O2S/c1-11-5-7-20(8-6-11)15-4-3-13(9-17-15)16(21)22-10-14-12(2)18-19-23-14/h3-4,9,11H,5-8,10H2,1-2H3. The first-order chi connectivity index (χ1) is 11.1. The first kappa shape index (κ1) is 15.9. The Morgan fingerprint density at radius 3 is 2.78 bits per heavy atom. The molecule has 1 saturated heterocycles. The number of anilines is 1. The van der Waals surface area contributed by atoms with E-state index >= 15 is 0 Å². The maximum absolute atomic E-state index is 12.1. The van der Waals surface area contributed by atoms with E-state index in [1.165, 1.54) is 24.4 Å². The summed E-state index contributed by atoms with van der Waals surface area (Å²) in [6.45, 7) is 6.38. The average Bonchev–Trinajstić information content (AvgIpc) is 2.99. The number of aryl methyl sites for hydroxylation is 1. The molecule has 0 spiro atoms. The zero-order valence-corrected chi connectivity index (χ0v) is 14.2. The maximum Gasteiger partial charge on any atom is 0.340 e. The molecule has 2 aromatic rings. The highest BCUT2D eigenvalue weighted by Gasteiger charge is 2.17. The number of pyridine rings is 1. The summed E-state index contributed by atoms with van der Waals surface area (Å²) in [7, 11) is 0. The van der Waals surface area contributed by atoms with Crippen LogP contribution >= 0.6 is 11.5 Å². The summed E-state index contributed by atoms with van der Waals surface area (Å²) < 4.78 is 9.11. The molecular formula is C16H20N4O2S. The molecule has 122 valence electrons. The molecule has 1 aliphatic rings. The number of hydrogen-bond acceptors (Lipinski definition) is 7. The minimum atomic E-state index is -0.371. The van der Waals surface area contributed by atoms with Crippen molar-refractivity contribution in [2.24, 2.45) is 5.92 Å². The van der Waals surface area contributed by atoms with E-state index in [4.69, 9.17) is 4.74 Å². The van der Waals surface area contributed by atoms with Crippen molar-refractivity contribution in [2.45, 2.75) is 33.3 Å². The summed E-state index contributed by atoms with van der Waals surface area (Å²) in [4.78, 5) is 19.6. The first-order valence-corrected chi connectivity index (χ1v) is 8.57. The highest BCUT2D eigenvalue weighted by atomic mass is 32.1. The molecule has 3 heterocycles. The number of carbonyl (C=O) groups is 1. The quantitative estimate of drug-likeness (QED) is 0.802. The van der Waals surface area contributed by atoms with Crippen molar-refractivity contribution >= 4 is 23.3 Å². The molecule has 23 heavy (non-hydrogen) atoms. The van der Waals surface area contributed by atoms with Gasteiger partial charge in [0.1, 0.15) is 12.4 Å². The van der Waals surface area contributed by atoms with Gasteiger partial charge < -0.3 is 9.64 Å². The summed E-state index contributed by atoms with van der Waals surface area (Å²) in [5.74, 6) is 1.34. The summed E-state index contributed by atoms with van der Waals surface area (Å²) >= 11 is 1.25. The van der Waals surface area contributed by atoms with Gasteiger partial charge in [-0.25, -0.2) is 9.78 Å². The number of carbonyl (C=O) groups excluding carboxylic acids is 1. The van der Waals surface area contributed by atoms with Gasteiger partial charge in [-0.05, 0) is 49.3 Å². The van der Waals surface area contributed by atoms with Crippen molar-refractivity contribution in [3.63, 3.8) is 0 Å². The fraction of sp³-hybridized carbons (Fsp3) is 0.500. The van der Waals surface area contributed by atoms with E-state index in [2.05, 4.69) is 26.4 Å². The highest BCUT2D eigenvalue weighted by molar-refractivity contribution is 7.05. The van der Waals surface area contributed by atoms with Crippen LogP contribution in [0.2, 0.25) is 0 Å². The summed E-state index contributed by atoms with van der Waals surface area (Å²) in [6, 6.07) is 3.67. The summed E-state index contributed by atoms with van der Waals surface area (Å²) in [5.41, 5.74) is 1.27. The predicted molar refractivity (Wildman–Crippen MR) is 88.6 cm³/mol. The van der Waals surface area contributed by atoms with E-state index in [0.717, 1.165) is 35.4 Å². The number of esters is 1. The van der Waals surface area contributed by atoms with Crippen molar-refractivity contribution in [1.29, 1.82) is 0 Å². The van der Waals surface area contributed by atoms with E-state index in [-0.39, 0.29) is 12.6 Å². The van der Waals surface area contributed by atoms with Crippen LogP contribution in [0.25, 0.3) is 0 Å². The first-order valence-electron chi connectivity index (χ1n) is 7.79. The Morgan fingerprint density at radius 2 is 2.17 bits per heavy atom. The smallest absolute Gasteiger partial charge is 0.340 e. The predicted octanol–water partition coefficient (Wildman–Crippen LogP) is 2.83. The Morgan fingerprint density at radius 1 is 1.39 bits per heavy atom. The van der Waals surface area contributed by atoms with Gasteiger partial charge >= 0.3 is 5.97 Å². The SMILES string of the molecule is Cc1nnsc1COC(=O)c1ccc(N2CCC(C)CC2)nc1. The number of ether oxygens (including phenoxy) is 1. The van der Waals surface area contributed by atoms with Gasteiger partial charge in [-0.3, -0.25) is 0 Å². The topological polar surface area (TPSA) is 68.2 Å². The lowest BCUT2D eigenvalue weighted by molar-refractivity contribution is 0.0475. The van der Waals surface area contributed by atoms with E-state index in [1.807, 2.05) is 13.0 Å². The number of piperidine rings is 1. The fourth-order valence-corrected chi connectivity index (χ4v) is 3.08. The van der Waals surface area contributed by atoms with Crippen LogP contribution in [0.1, 0.15) is 40.7 Å². The maximum atomic E-state index is 12.1. The normalized spacial score (nSPS) is 15.7. The fourth-order valence-electron chi connectivity index (χ4n) is 2.53. The molecule has 0 N–H and O–H groups in total. The van der Waals surface area contributed by atoms with Gasteiger partial charge in [0.05, 0.1) is 16.1 Å². The largest absolute Gasteiger partial charge is 0.456 e. The molecule has 0 radical (unpaired) electrons. The van der Waals surface area contributed by atoms with Gasteiger partial charge in [0.25, 0.3) is 0 Å². The van der Waals surface area contributed by atoms with Crippen LogP contribution < -0.4 is 4.90 Å². The molecule has 0 aliphatic carbocycles. The van der Waals surface area contributed by atoms with Gasteiger partial charge in [0.15, 0.2) is 0 Å². The molecule has 0 atom stereocenters. The number of nitrogens with zero attached hydrogens (tertiary/aromatic N) is 4. The number of rotatable bonds is 4. The molecule has 0 bridgehead atoms. The van der Waals surface area contributed by atoms with Gasteiger partial charge in [0.2, 0.25) is 0 Å². The second-order valence-electron chi connectivity index (χ2n) is 5.93. The molecule has 1 fully saturated rings. The Bertz CT molecular complexity index is 663. The van der Waals surface area contributed by atoms with E-state index in [0.29, 0.717) is 5.56 Å². The van der Waals surface area contributed by atoms with Gasteiger partial charge in [-0.15, -0.1) is 5.10 Å². The van der Waals surface area contributed by atoms with Gasteiger partial charge in [-0.2, -0.15) is 0 Å². The molecule has 6 nitrogen and oxygen atoms in total. The second kappa shape index (κ2) is 7.04. The number of aromatic nitrogens is 3. The minimum Gasteiger partial charge on any atom is -0.456 e. The zero-order valence-electron chi connectivity index (χ0n) is 13.4. The average molecular weight is 332 g/mol. The third kappa shape index (κ3) is 3.85. The van der Waals surface area contributed by atoms with E-state index in [9.17, 15) is 4.79 Å². The van der Waals surface area contributed by atoms with Crippen molar-refractivity contribution in [1.82, 2.24) is 14.6 Å². The van der Waals surface area contributed by atoms with Crippen molar-refractivity contribution in [3.8, 4) is 0 Å². The van der Waals surface area contributed by atoms with Crippen molar-refractivity contribution in [3.05, 3.63) is 34.5 Å². The second-order valence-corrected chi connectivity index (χ2v) is 6.77. The van der Waals surface area contributed by atoms with E-state index in [1.54, 1.807) is 12.3 Å². The van der Waals surface area contributed by atoms with Crippen LogP contribution in [-0.4, -0.2) is 33.6 Å². The molecular weight excluding hydrogens is 312 g/mol. The molecule has 1 aliphatic heterocycles. The highest BCUT2D eigenvalue weighted by Crippen LogP contribution is 2.21. The Labute approximate surface area is 139 Å². The Balaban J connectivity index is 1.58. The lowest BCUT2D eigenvalue weighted by Crippen LogP contribution is -2.33. The number of hydrogen-bond donors (Lipinski definition) is 0. The van der Waals surface area contributed by atoms with Gasteiger partial charge in [0, 0.05) is 19.3 Å². The molecule has 3 rings (SSSR count). The third-order valence-electron chi connectivity index (χ3n) is 4.17. The summed E-state index contributed by atoms with van der Waals surface area (Å²) in [6.07, 6.45) is 3.97. The Hall–Kier alpha value is -2.02. The summed E-state index contributed by atoms with van der Waals surface area (Å²) in [5, 5.41) is 3.90. The molecule has 0 saturated carbocycles. The minimum absolute atomic E-state index is 0.202. The van der Waals surface area contributed by atoms with Gasteiger partial charge in [-0.1, -0.05) is 11.4 Å². The van der Waals surface area contributed by atoms with Crippen molar-refractivity contribution in [2.75, 3.05) is 18.0 Å². The monoisotopic (exact) mass is 332 g/mol. The molecule has 2 aromatic heterocycles. The van der Waals surface area contributed by atoms with Crippen LogP contribution in [-0.2, 0) is 11.3 Å². The molecule has 0 unspecified atom stereocenters. The van der Waals surface area contributed by atoms with Crippen LogP contribution in [0, 0.1) is 12.8 Å². The third-order valence-corrected chi connectivity index (χ3v) is 4.97. The molecule has 0 aromatic carbocycles. The molecule has 7 heteroatoms. The van der Waals surface area contributed by atoms with E-state index < -0.39 is 0 Å². The van der Waals surface area contributed by atoms with Crippen LogP contribution in [0.4, 0.5) is 5.82 Å². The lowest BCUT2D eigenvalue weighted by Gasteiger charge is -2.31. The van der Waals surface area contributed by atoms with Crippen LogP contribution in [0.3, 0.4) is 0 Å².